The van der Waals surface area contributed by atoms with Crippen LogP contribution in [0.5, 0.6) is 0 Å². The fraction of sp³-hybridized carbons (Fsp3) is 0.286. The van der Waals surface area contributed by atoms with E-state index in [1.54, 1.807) is 0 Å². The predicted molar refractivity (Wildman–Crippen MR) is 83.7 cm³/mol. The standard InChI is InChI=1S/C14H17N5OS/c15-14(21)11-5-3-10(4-6-11)8-13(20)16-7-1-2-12-17-9-18-19-12/h3-6,9H,1-2,7-8H2,(H2,15,21)(H,16,20)(H,17,18,19). The zero-order chi connectivity index (χ0) is 15.1. The molecule has 7 heteroatoms. The van der Waals surface area contributed by atoms with Crippen LogP contribution < -0.4 is 11.1 Å². The highest BCUT2D eigenvalue weighted by Crippen LogP contribution is 2.05. The molecule has 0 bridgehead atoms. The normalized spacial score (nSPS) is 10.3. The maximum absolute atomic E-state index is 11.8. The topological polar surface area (TPSA) is 96.7 Å². The Morgan fingerprint density at radius 3 is 2.71 bits per heavy atom. The van der Waals surface area contributed by atoms with Gasteiger partial charge in [-0.25, -0.2) is 4.98 Å². The number of hydrogen-bond acceptors (Lipinski definition) is 4. The number of carbonyl (C=O) groups is 1. The van der Waals surface area contributed by atoms with Gasteiger partial charge in [0.25, 0.3) is 0 Å². The molecule has 0 atom stereocenters. The molecular weight excluding hydrogens is 286 g/mol. The van der Waals surface area contributed by atoms with Crippen molar-refractivity contribution in [3.63, 3.8) is 0 Å². The molecule has 0 spiro atoms. The van der Waals surface area contributed by atoms with Crippen molar-refractivity contribution in [3.05, 3.63) is 47.5 Å². The fourth-order valence-corrected chi connectivity index (χ4v) is 2.01. The minimum Gasteiger partial charge on any atom is -0.389 e. The molecule has 0 aliphatic heterocycles. The number of carbonyl (C=O) groups excluding carboxylic acids is 1. The molecule has 0 saturated carbocycles. The van der Waals surface area contributed by atoms with Crippen molar-refractivity contribution in [1.82, 2.24) is 20.5 Å². The fourth-order valence-electron chi connectivity index (χ4n) is 1.87. The summed E-state index contributed by atoms with van der Waals surface area (Å²) in [6, 6.07) is 7.38. The molecule has 0 radical (unpaired) electrons. The summed E-state index contributed by atoms with van der Waals surface area (Å²) in [5.41, 5.74) is 7.27. The van der Waals surface area contributed by atoms with Gasteiger partial charge in [0, 0.05) is 18.5 Å². The Bertz CT molecular complexity index is 594. The number of nitrogens with zero attached hydrogens (tertiary/aromatic N) is 2. The van der Waals surface area contributed by atoms with Crippen LogP contribution >= 0.6 is 12.2 Å². The summed E-state index contributed by atoms with van der Waals surface area (Å²) >= 11 is 4.88. The second kappa shape index (κ2) is 7.49. The van der Waals surface area contributed by atoms with E-state index in [0.717, 1.165) is 29.8 Å². The molecule has 0 unspecified atom stereocenters. The molecule has 1 heterocycles. The largest absolute Gasteiger partial charge is 0.389 e. The first-order valence-electron chi connectivity index (χ1n) is 6.65. The first-order chi connectivity index (χ1) is 10.1. The van der Waals surface area contributed by atoms with Crippen molar-refractivity contribution in [2.24, 2.45) is 5.73 Å². The maximum Gasteiger partial charge on any atom is 0.224 e. The van der Waals surface area contributed by atoms with Gasteiger partial charge in [-0.05, 0) is 12.0 Å². The van der Waals surface area contributed by atoms with E-state index in [-0.39, 0.29) is 5.91 Å². The quantitative estimate of drug-likeness (QED) is 0.517. The minimum atomic E-state index is -0.00403. The number of hydrogen-bond donors (Lipinski definition) is 3. The van der Waals surface area contributed by atoms with E-state index in [0.29, 0.717) is 18.0 Å². The lowest BCUT2D eigenvalue weighted by Gasteiger charge is -2.05. The van der Waals surface area contributed by atoms with Gasteiger partial charge in [-0.15, -0.1) is 0 Å². The molecule has 4 N–H and O–H groups in total. The average Bonchev–Trinajstić information content (AvgIpc) is 2.97. The smallest absolute Gasteiger partial charge is 0.224 e. The van der Waals surface area contributed by atoms with Gasteiger partial charge in [-0.2, -0.15) is 5.10 Å². The molecule has 1 aromatic carbocycles. The Morgan fingerprint density at radius 2 is 2.10 bits per heavy atom. The number of benzene rings is 1. The molecule has 2 rings (SSSR count). The Balaban J connectivity index is 1.70. The Morgan fingerprint density at radius 1 is 1.33 bits per heavy atom. The molecule has 0 saturated heterocycles. The van der Waals surface area contributed by atoms with Crippen LogP contribution in [0.3, 0.4) is 0 Å². The summed E-state index contributed by atoms with van der Waals surface area (Å²) < 4.78 is 0. The highest BCUT2D eigenvalue weighted by Gasteiger charge is 2.04. The van der Waals surface area contributed by atoms with Crippen molar-refractivity contribution < 1.29 is 4.79 Å². The molecule has 2 aromatic rings. The van der Waals surface area contributed by atoms with E-state index in [9.17, 15) is 4.79 Å². The zero-order valence-electron chi connectivity index (χ0n) is 11.5. The molecule has 1 aromatic heterocycles. The maximum atomic E-state index is 11.8. The lowest BCUT2D eigenvalue weighted by Crippen LogP contribution is -2.26. The van der Waals surface area contributed by atoms with Crippen LogP contribution in [0.2, 0.25) is 0 Å². The van der Waals surface area contributed by atoms with E-state index in [2.05, 4.69) is 20.5 Å². The van der Waals surface area contributed by atoms with E-state index >= 15 is 0 Å². The van der Waals surface area contributed by atoms with Crippen LogP contribution in [-0.2, 0) is 17.6 Å². The number of thiocarbonyl (C=S) groups is 1. The van der Waals surface area contributed by atoms with Gasteiger partial charge in [0.1, 0.15) is 17.1 Å². The summed E-state index contributed by atoms with van der Waals surface area (Å²) in [4.78, 5) is 16.2. The molecule has 21 heavy (non-hydrogen) atoms. The van der Waals surface area contributed by atoms with Gasteiger partial charge in [-0.3, -0.25) is 9.89 Å². The number of nitrogens with two attached hydrogens (primary N) is 1. The number of aromatic amines is 1. The molecule has 6 nitrogen and oxygen atoms in total. The van der Waals surface area contributed by atoms with Gasteiger partial charge in [-0.1, -0.05) is 36.5 Å². The summed E-state index contributed by atoms with van der Waals surface area (Å²) in [5.74, 6) is 0.827. The highest BCUT2D eigenvalue weighted by molar-refractivity contribution is 7.80. The zero-order valence-corrected chi connectivity index (χ0v) is 12.3. The predicted octanol–water partition coefficient (Wildman–Crippen LogP) is 0.730. The van der Waals surface area contributed by atoms with Crippen molar-refractivity contribution in [2.75, 3.05) is 6.54 Å². The third-order valence-corrected chi connectivity index (χ3v) is 3.22. The molecule has 0 aliphatic rings. The first-order valence-corrected chi connectivity index (χ1v) is 7.05. The summed E-state index contributed by atoms with van der Waals surface area (Å²) in [5, 5.41) is 9.43. The van der Waals surface area contributed by atoms with Crippen LogP contribution in [0.4, 0.5) is 0 Å². The van der Waals surface area contributed by atoms with Crippen LogP contribution in [0.25, 0.3) is 0 Å². The average molecular weight is 303 g/mol. The SMILES string of the molecule is NC(=S)c1ccc(CC(=O)NCCCc2ncn[nH]2)cc1. The van der Waals surface area contributed by atoms with Crippen molar-refractivity contribution in [1.29, 1.82) is 0 Å². The van der Waals surface area contributed by atoms with Gasteiger partial charge in [0.2, 0.25) is 5.91 Å². The minimum absolute atomic E-state index is 0.00403. The van der Waals surface area contributed by atoms with Gasteiger partial charge >= 0.3 is 0 Å². The second-order valence-electron chi connectivity index (χ2n) is 4.62. The first kappa shape index (κ1) is 15.1. The lowest BCUT2D eigenvalue weighted by atomic mass is 10.1. The summed E-state index contributed by atoms with van der Waals surface area (Å²) in [6.45, 7) is 0.616. The molecule has 0 aliphatic carbocycles. The van der Waals surface area contributed by atoms with E-state index in [1.807, 2.05) is 24.3 Å². The number of nitrogens with one attached hydrogen (secondary N) is 2. The van der Waals surface area contributed by atoms with Crippen LogP contribution in [0.15, 0.2) is 30.6 Å². The Kier molecular flexibility index (Phi) is 5.39. The number of rotatable bonds is 7. The monoisotopic (exact) mass is 303 g/mol. The molecule has 1 amide bonds. The number of aryl methyl sites for hydroxylation is 1. The van der Waals surface area contributed by atoms with Crippen LogP contribution in [0.1, 0.15) is 23.4 Å². The molecule has 0 fully saturated rings. The Hall–Kier alpha value is -2.28. The second-order valence-corrected chi connectivity index (χ2v) is 5.06. The number of aromatic nitrogens is 3. The van der Waals surface area contributed by atoms with Gasteiger partial charge in [0.05, 0.1) is 6.42 Å². The van der Waals surface area contributed by atoms with Crippen molar-refractivity contribution >= 4 is 23.1 Å². The highest BCUT2D eigenvalue weighted by atomic mass is 32.1. The third-order valence-electron chi connectivity index (χ3n) is 2.98. The molecular formula is C14H17N5OS. The molecule has 110 valence electrons. The summed E-state index contributed by atoms with van der Waals surface area (Å²) in [7, 11) is 0. The Labute approximate surface area is 128 Å². The van der Waals surface area contributed by atoms with E-state index in [1.165, 1.54) is 6.33 Å². The lowest BCUT2D eigenvalue weighted by molar-refractivity contribution is -0.120. The summed E-state index contributed by atoms with van der Waals surface area (Å²) in [6.07, 6.45) is 3.41. The van der Waals surface area contributed by atoms with Crippen LogP contribution in [-0.4, -0.2) is 32.6 Å². The van der Waals surface area contributed by atoms with Crippen LogP contribution in [0, 0.1) is 0 Å². The third kappa shape index (κ3) is 4.96. The van der Waals surface area contributed by atoms with Gasteiger partial charge < -0.3 is 11.1 Å². The van der Waals surface area contributed by atoms with Crippen molar-refractivity contribution in [2.45, 2.75) is 19.3 Å². The van der Waals surface area contributed by atoms with Crippen molar-refractivity contribution in [3.8, 4) is 0 Å². The number of amides is 1. The van der Waals surface area contributed by atoms with Gasteiger partial charge in [0.15, 0.2) is 0 Å². The van der Waals surface area contributed by atoms with E-state index in [4.69, 9.17) is 18.0 Å². The number of H-pyrrole nitrogens is 1. The van der Waals surface area contributed by atoms with E-state index < -0.39 is 0 Å².